The van der Waals surface area contributed by atoms with E-state index in [9.17, 15) is 16.8 Å². The van der Waals surface area contributed by atoms with Crippen molar-refractivity contribution in [3.8, 4) is 0 Å². The van der Waals surface area contributed by atoms with Crippen molar-refractivity contribution in [2.24, 2.45) is 0 Å². The lowest BCUT2D eigenvalue weighted by molar-refractivity contribution is 0.445. The molecule has 0 aromatic heterocycles. The Morgan fingerprint density at radius 1 is 0.955 bits per heavy atom. The van der Waals surface area contributed by atoms with E-state index in [0.29, 0.717) is 19.5 Å². The van der Waals surface area contributed by atoms with Gasteiger partial charge in [-0.3, -0.25) is 0 Å². The van der Waals surface area contributed by atoms with Gasteiger partial charge >= 0.3 is 0 Å². The predicted octanol–water partition coefficient (Wildman–Crippen LogP) is 1.79. The predicted molar refractivity (Wildman–Crippen MR) is 86.6 cm³/mol. The van der Waals surface area contributed by atoms with Crippen LogP contribution in [-0.4, -0.2) is 40.3 Å². The van der Waals surface area contributed by atoms with Gasteiger partial charge < -0.3 is 0 Å². The van der Waals surface area contributed by atoms with Gasteiger partial charge in [-0.1, -0.05) is 20.8 Å². The van der Waals surface area contributed by atoms with E-state index in [2.05, 4.69) is 4.72 Å². The van der Waals surface area contributed by atoms with Gasteiger partial charge in [-0.15, -0.1) is 0 Å². The molecule has 22 heavy (non-hydrogen) atoms. The largest absolute Gasteiger partial charge is 0.243 e. The average Bonchev–Trinajstić information content (AvgIpc) is 2.47. The molecular formula is C14H24N2O4S2. The van der Waals surface area contributed by atoms with E-state index >= 15 is 0 Å². The molecule has 1 N–H and O–H groups in total. The van der Waals surface area contributed by atoms with E-state index in [4.69, 9.17) is 0 Å². The van der Waals surface area contributed by atoms with Gasteiger partial charge in [0.2, 0.25) is 20.0 Å². The zero-order chi connectivity index (χ0) is 17.0. The summed E-state index contributed by atoms with van der Waals surface area (Å²) in [5, 5.41) is 0. The fraction of sp³-hybridized carbons (Fsp3) is 0.571. The van der Waals surface area contributed by atoms with Crippen molar-refractivity contribution in [1.82, 2.24) is 9.03 Å². The summed E-state index contributed by atoms with van der Waals surface area (Å²) in [6.45, 7) is 7.92. The minimum atomic E-state index is -3.62. The molecule has 1 unspecified atom stereocenters. The zero-order valence-corrected chi connectivity index (χ0v) is 15.0. The SMILES string of the molecule is CCC(C)NS(=O)(=O)c1ccc(S(=O)(=O)N(CC)CC)cc1. The highest BCUT2D eigenvalue weighted by atomic mass is 32.2. The molecule has 0 saturated heterocycles. The molecule has 1 aromatic rings. The van der Waals surface area contributed by atoms with E-state index < -0.39 is 20.0 Å². The highest BCUT2D eigenvalue weighted by molar-refractivity contribution is 7.89. The van der Waals surface area contributed by atoms with E-state index in [1.54, 1.807) is 20.8 Å². The molecule has 0 fully saturated rings. The van der Waals surface area contributed by atoms with E-state index in [1.807, 2.05) is 6.92 Å². The van der Waals surface area contributed by atoms with Gasteiger partial charge in [-0.05, 0) is 37.6 Å². The van der Waals surface area contributed by atoms with Crippen LogP contribution in [0.2, 0.25) is 0 Å². The van der Waals surface area contributed by atoms with Gasteiger partial charge in [-0.2, -0.15) is 4.31 Å². The Hall–Kier alpha value is -0.960. The summed E-state index contributed by atoms with van der Waals surface area (Å²) in [6, 6.07) is 5.13. The monoisotopic (exact) mass is 348 g/mol. The molecule has 1 aromatic carbocycles. The Kier molecular flexibility index (Phi) is 6.54. The molecule has 0 radical (unpaired) electrons. The van der Waals surface area contributed by atoms with Crippen LogP contribution in [0.25, 0.3) is 0 Å². The van der Waals surface area contributed by atoms with Crippen molar-refractivity contribution in [3.63, 3.8) is 0 Å². The van der Waals surface area contributed by atoms with Crippen molar-refractivity contribution in [2.75, 3.05) is 13.1 Å². The van der Waals surface area contributed by atoms with Crippen LogP contribution < -0.4 is 4.72 Å². The van der Waals surface area contributed by atoms with Crippen LogP contribution in [-0.2, 0) is 20.0 Å². The maximum atomic E-state index is 12.3. The number of benzene rings is 1. The Morgan fingerprint density at radius 2 is 1.41 bits per heavy atom. The minimum absolute atomic E-state index is 0.0614. The maximum Gasteiger partial charge on any atom is 0.243 e. The molecule has 1 rings (SSSR count). The lowest BCUT2D eigenvalue weighted by Crippen LogP contribution is -2.32. The Balaban J connectivity index is 3.10. The molecule has 1 atom stereocenters. The summed E-state index contributed by atoms with van der Waals surface area (Å²) in [4.78, 5) is 0.157. The highest BCUT2D eigenvalue weighted by Gasteiger charge is 2.23. The molecule has 126 valence electrons. The summed E-state index contributed by atoms with van der Waals surface area (Å²) in [6.07, 6.45) is 0.674. The van der Waals surface area contributed by atoms with Gasteiger partial charge in [-0.25, -0.2) is 21.6 Å². The van der Waals surface area contributed by atoms with Crippen molar-refractivity contribution < 1.29 is 16.8 Å². The lowest BCUT2D eigenvalue weighted by atomic mass is 10.3. The first-order valence-electron chi connectivity index (χ1n) is 7.31. The zero-order valence-electron chi connectivity index (χ0n) is 13.4. The molecule has 0 bridgehead atoms. The highest BCUT2D eigenvalue weighted by Crippen LogP contribution is 2.18. The summed E-state index contributed by atoms with van der Waals surface area (Å²) >= 11 is 0. The third kappa shape index (κ3) is 4.28. The summed E-state index contributed by atoms with van der Waals surface area (Å²) in [7, 11) is -7.20. The second kappa shape index (κ2) is 7.54. The van der Waals surface area contributed by atoms with Gasteiger partial charge in [0.05, 0.1) is 9.79 Å². The van der Waals surface area contributed by atoms with E-state index in [0.717, 1.165) is 0 Å². The van der Waals surface area contributed by atoms with Gasteiger partial charge in [0.15, 0.2) is 0 Å². The first-order valence-corrected chi connectivity index (χ1v) is 10.2. The molecule has 0 heterocycles. The Labute approximate surface area is 133 Å². The summed E-state index contributed by atoms with van der Waals surface area (Å²) < 4.78 is 52.8. The third-order valence-electron chi connectivity index (χ3n) is 3.45. The number of nitrogens with zero attached hydrogens (tertiary/aromatic N) is 1. The number of hydrogen-bond donors (Lipinski definition) is 1. The van der Waals surface area contributed by atoms with Crippen LogP contribution in [0.4, 0.5) is 0 Å². The molecule has 0 amide bonds. The van der Waals surface area contributed by atoms with Crippen LogP contribution in [0.15, 0.2) is 34.1 Å². The lowest BCUT2D eigenvalue weighted by Gasteiger charge is -2.18. The maximum absolute atomic E-state index is 12.3. The fourth-order valence-electron chi connectivity index (χ4n) is 1.92. The second-order valence-corrected chi connectivity index (χ2v) is 8.64. The molecule has 0 aliphatic rings. The molecule has 6 nitrogen and oxygen atoms in total. The Bertz CT molecular complexity index is 678. The van der Waals surface area contributed by atoms with Gasteiger partial charge in [0.1, 0.15) is 0 Å². The standard InChI is InChI=1S/C14H24N2O4S2/c1-5-12(4)15-21(17,18)13-8-10-14(11-9-13)22(19,20)16(6-2)7-3/h8-12,15H,5-7H2,1-4H3. The molecule has 0 aliphatic carbocycles. The van der Waals surface area contributed by atoms with Crippen molar-refractivity contribution in [2.45, 2.75) is 49.9 Å². The fourth-order valence-corrected chi connectivity index (χ4v) is 4.70. The summed E-state index contributed by atoms with van der Waals surface area (Å²) in [5.41, 5.74) is 0. The number of hydrogen-bond acceptors (Lipinski definition) is 4. The topological polar surface area (TPSA) is 83.5 Å². The van der Waals surface area contributed by atoms with E-state index in [-0.39, 0.29) is 15.8 Å². The van der Waals surface area contributed by atoms with E-state index in [1.165, 1.54) is 28.6 Å². The van der Waals surface area contributed by atoms with Gasteiger partial charge in [0, 0.05) is 19.1 Å². The van der Waals surface area contributed by atoms with Crippen LogP contribution in [0, 0.1) is 0 Å². The van der Waals surface area contributed by atoms with Crippen LogP contribution in [0.5, 0.6) is 0 Å². The average molecular weight is 348 g/mol. The first-order chi connectivity index (χ1) is 10.2. The molecule has 0 saturated carbocycles. The first kappa shape index (κ1) is 19.1. The molecule has 8 heteroatoms. The second-order valence-electron chi connectivity index (χ2n) is 4.99. The molecular weight excluding hydrogens is 324 g/mol. The number of sulfonamides is 2. The smallest absolute Gasteiger partial charge is 0.208 e. The molecule has 0 spiro atoms. The van der Waals surface area contributed by atoms with Crippen LogP contribution in [0.3, 0.4) is 0 Å². The van der Waals surface area contributed by atoms with Gasteiger partial charge in [0.25, 0.3) is 0 Å². The normalized spacial score (nSPS) is 14.2. The quantitative estimate of drug-likeness (QED) is 0.776. The molecule has 0 aliphatic heterocycles. The summed E-state index contributed by atoms with van der Waals surface area (Å²) in [5.74, 6) is 0. The van der Waals surface area contributed by atoms with Crippen molar-refractivity contribution in [1.29, 1.82) is 0 Å². The Morgan fingerprint density at radius 3 is 1.82 bits per heavy atom. The van der Waals surface area contributed by atoms with Crippen molar-refractivity contribution >= 4 is 20.0 Å². The van der Waals surface area contributed by atoms with Crippen molar-refractivity contribution in [3.05, 3.63) is 24.3 Å². The third-order valence-corrected chi connectivity index (χ3v) is 7.12. The number of nitrogens with one attached hydrogen (secondary N) is 1. The number of rotatable bonds is 8. The van der Waals surface area contributed by atoms with Crippen LogP contribution in [0.1, 0.15) is 34.1 Å². The minimum Gasteiger partial charge on any atom is -0.208 e. The van der Waals surface area contributed by atoms with Crippen LogP contribution >= 0.6 is 0 Å².